The molecule has 1 heterocycles. The Balaban J connectivity index is 1.86. The van der Waals surface area contributed by atoms with Crippen molar-refractivity contribution in [3.8, 4) is 0 Å². The van der Waals surface area contributed by atoms with Crippen LogP contribution in [0.25, 0.3) is 10.8 Å². The van der Waals surface area contributed by atoms with E-state index in [-0.39, 0.29) is 17.9 Å². The van der Waals surface area contributed by atoms with Crippen LogP contribution in [-0.4, -0.2) is 66.2 Å². The molecule has 1 fully saturated rings. The molecule has 1 aliphatic rings. The number of piperazine rings is 1. The lowest BCUT2D eigenvalue weighted by Gasteiger charge is -2.35. The zero-order chi connectivity index (χ0) is 20.8. The fraction of sp³-hybridized carbons (Fsp3) is 0.429. The summed E-state index contributed by atoms with van der Waals surface area (Å²) in [6.07, 6.45) is 2.66. The monoisotopic (exact) mass is 432 g/mol. The number of carbonyl (C=O) groups excluding carboxylic acids is 2. The van der Waals surface area contributed by atoms with Crippen molar-refractivity contribution in [1.82, 2.24) is 10.2 Å². The van der Waals surface area contributed by atoms with Crippen molar-refractivity contribution in [1.29, 1.82) is 0 Å². The number of fused-ring (bicyclic) bond motifs is 1. The van der Waals surface area contributed by atoms with Gasteiger partial charge in [0.15, 0.2) is 0 Å². The van der Waals surface area contributed by atoms with Gasteiger partial charge in [-0.25, -0.2) is 0 Å². The molecule has 2 atom stereocenters. The second kappa shape index (κ2) is 10.2. The van der Waals surface area contributed by atoms with E-state index in [1.807, 2.05) is 42.7 Å². The van der Waals surface area contributed by atoms with E-state index in [0.29, 0.717) is 37.4 Å². The van der Waals surface area contributed by atoms with Gasteiger partial charge in [-0.05, 0) is 47.4 Å². The summed E-state index contributed by atoms with van der Waals surface area (Å²) in [5.41, 5.74) is 7.50. The molecule has 156 valence electrons. The number of hydrogen-bond acceptors (Lipinski definition) is 6. The van der Waals surface area contributed by atoms with Crippen LogP contribution in [-0.2, 0) is 4.79 Å². The molecule has 8 heteroatoms. The first-order valence-corrected chi connectivity index (χ1v) is 11.8. The molecule has 0 spiro atoms. The highest BCUT2D eigenvalue weighted by molar-refractivity contribution is 7.98. The van der Waals surface area contributed by atoms with Crippen molar-refractivity contribution in [2.24, 2.45) is 5.73 Å². The number of benzene rings is 2. The third-order valence-corrected chi connectivity index (χ3v) is 6.21. The van der Waals surface area contributed by atoms with Crippen molar-refractivity contribution in [2.45, 2.75) is 18.5 Å². The van der Waals surface area contributed by atoms with E-state index in [0.717, 1.165) is 22.2 Å². The zero-order valence-electron chi connectivity index (χ0n) is 16.6. The van der Waals surface area contributed by atoms with Gasteiger partial charge in [-0.2, -0.15) is 24.4 Å². The van der Waals surface area contributed by atoms with Crippen molar-refractivity contribution < 1.29 is 9.59 Å². The molecule has 2 amide bonds. The maximum Gasteiger partial charge on any atom is 0.255 e. The fourth-order valence-corrected chi connectivity index (χ4v) is 4.11. The summed E-state index contributed by atoms with van der Waals surface area (Å²) in [4.78, 5) is 27.5. The molecular weight excluding hydrogens is 404 g/mol. The van der Waals surface area contributed by atoms with Gasteiger partial charge in [0.1, 0.15) is 6.04 Å². The van der Waals surface area contributed by atoms with Crippen molar-refractivity contribution >= 4 is 52.7 Å². The number of nitrogens with zero attached hydrogens (tertiary/aromatic N) is 1. The number of amides is 2. The second-order valence-corrected chi connectivity index (χ2v) is 8.50. The standard InChI is InChI=1S/C21H28N4O2S2/c1-29-10-7-19-20(26)23-8-9-25(19)21(27)18-4-2-3-14-11-16(5-6-17(14)18)24-12-15(22)13-28/h2-6,11,15,19,24,28H,7-10,12-13,22H2,1H3,(H,23,26)/t15-,19+/m1/s1. The van der Waals surface area contributed by atoms with E-state index in [4.69, 9.17) is 5.73 Å². The molecular formula is C21H28N4O2S2. The molecule has 0 aliphatic carbocycles. The van der Waals surface area contributed by atoms with Crippen LogP contribution in [0.4, 0.5) is 5.69 Å². The number of rotatable bonds is 8. The average Bonchev–Trinajstić information content (AvgIpc) is 2.75. The molecule has 1 saturated heterocycles. The highest BCUT2D eigenvalue weighted by atomic mass is 32.2. The SMILES string of the molecule is CSCC[C@H]1C(=O)NCCN1C(=O)c1cccc2cc(NC[C@@H](N)CS)ccc12. The summed E-state index contributed by atoms with van der Waals surface area (Å²) >= 11 is 5.89. The first-order valence-electron chi connectivity index (χ1n) is 9.76. The minimum absolute atomic E-state index is 0.0228. The third kappa shape index (κ3) is 5.18. The van der Waals surface area contributed by atoms with Gasteiger partial charge < -0.3 is 21.3 Å². The molecule has 0 bridgehead atoms. The Labute approximate surface area is 181 Å². The average molecular weight is 433 g/mol. The van der Waals surface area contributed by atoms with Gasteiger partial charge in [0.05, 0.1) is 0 Å². The van der Waals surface area contributed by atoms with Gasteiger partial charge in [0, 0.05) is 42.7 Å². The van der Waals surface area contributed by atoms with Gasteiger partial charge in [-0.3, -0.25) is 9.59 Å². The number of nitrogens with one attached hydrogen (secondary N) is 2. The number of anilines is 1. The number of thioether (sulfide) groups is 1. The van der Waals surface area contributed by atoms with E-state index in [1.54, 1.807) is 16.7 Å². The third-order valence-electron chi connectivity index (χ3n) is 5.10. The van der Waals surface area contributed by atoms with Crippen LogP contribution in [0, 0.1) is 0 Å². The second-order valence-electron chi connectivity index (χ2n) is 7.15. The van der Waals surface area contributed by atoms with Gasteiger partial charge >= 0.3 is 0 Å². The summed E-state index contributed by atoms with van der Waals surface area (Å²) in [6.45, 7) is 1.65. The van der Waals surface area contributed by atoms with Gasteiger partial charge in [-0.15, -0.1) is 0 Å². The predicted octanol–water partition coefficient (Wildman–Crippen LogP) is 2.20. The van der Waals surface area contributed by atoms with Crippen molar-refractivity contribution in [3.05, 3.63) is 42.0 Å². The molecule has 6 nitrogen and oxygen atoms in total. The summed E-state index contributed by atoms with van der Waals surface area (Å²) in [7, 11) is 0. The quantitative estimate of drug-likeness (QED) is 0.481. The normalized spacial score (nSPS) is 17.8. The predicted molar refractivity (Wildman–Crippen MR) is 125 cm³/mol. The maximum atomic E-state index is 13.4. The first-order chi connectivity index (χ1) is 14.0. The molecule has 0 radical (unpaired) electrons. The molecule has 1 aliphatic heterocycles. The van der Waals surface area contributed by atoms with E-state index < -0.39 is 6.04 Å². The number of hydrogen-bond donors (Lipinski definition) is 4. The van der Waals surface area contributed by atoms with Gasteiger partial charge in [-0.1, -0.05) is 18.2 Å². The first kappa shape index (κ1) is 21.8. The Morgan fingerprint density at radius 2 is 2.24 bits per heavy atom. The highest BCUT2D eigenvalue weighted by Gasteiger charge is 2.33. The van der Waals surface area contributed by atoms with Crippen LogP contribution in [0.15, 0.2) is 36.4 Å². The molecule has 3 rings (SSSR count). The Hall–Kier alpha value is -1.90. The topological polar surface area (TPSA) is 87.5 Å². The molecule has 2 aromatic rings. The van der Waals surface area contributed by atoms with Crippen LogP contribution in [0.2, 0.25) is 0 Å². The fourth-order valence-electron chi connectivity index (χ4n) is 3.52. The molecule has 0 aromatic heterocycles. The minimum Gasteiger partial charge on any atom is -0.383 e. The number of carbonyl (C=O) groups is 2. The Morgan fingerprint density at radius 3 is 3.00 bits per heavy atom. The van der Waals surface area contributed by atoms with Crippen LogP contribution in [0.1, 0.15) is 16.8 Å². The summed E-state index contributed by atoms with van der Waals surface area (Å²) in [6, 6.07) is 11.2. The molecule has 29 heavy (non-hydrogen) atoms. The van der Waals surface area contributed by atoms with Crippen LogP contribution in [0.5, 0.6) is 0 Å². The van der Waals surface area contributed by atoms with Crippen LogP contribution in [0.3, 0.4) is 0 Å². The summed E-state index contributed by atoms with van der Waals surface area (Å²) in [5.74, 6) is 1.29. The minimum atomic E-state index is -0.414. The van der Waals surface area contributed by atoms with Crippen LogP contribution >= 0.6 is 24.4 Å². The summed E-state index contributed by atoms with van der Waals surface area (Å²) in [5, 5.41) is 8.05. The smallest absolute Gasteiger partial charge is 0.255 e. The number of nitrogens with two attached hydrogens (primary N) is 1. The van der Waals surface area contributed by atoms with Crippen molar-refractivity contribution in [2.75, 3.05) is 42.7 Å². The Kier molecular flexibility index (Phi) is 7.69. The van der Waals surface area contributed by atoms with Crippen LogP contribution < -0.4 is 16.4 Å². The Bertz CT molecular complexity index is 877. The largest absolute Gasteiger partial charge is 0.383 e. The molecule has 4 N–H and O–H groups in total. The maximum absolute atomic E-state index is 13.4. The lowest BCUT2D eigenvalue weighted by Crippen LogP contribution is -2.57. The van der Waals surface area contributed by atoms with E-state index in [9.17, 15) is 9.59 Å². The zero-order valence-corrected chi connectivity index (χ0v) is 18.3. The van der Waals surface area contributed by atoms with E-state index >= 15 is 0 Å². The van der Waals surface area contributed by atoms with Crippen molar-refractivity contribution in [3.63, 3.8) is 0 Å². The molecule has 0 unspecified atom stereocenters. The Morgan fingerprint density at radius 1 is 1.41 bits per heavy atom. The lowest BCUT2D eigenvalue weighted by molar-refractivity contribution is -0.127. The molecule has 2 aromatic carbocycles. The van der Waals surface area contributed by atoms with Gasteiger partial charge in [0.25, 0.3) is 5.91 Å². The van der Waals surface area contributed by atoms with E-state index in [2.05, 4.69) is 23.3 Å². The van der Waals surface area contributed by atoms with Gasteiger partial charge in [0.2, 0.25) is 5.91 Å². The molecule has 0 saturated carbocycles. The van der Waals surface area contributed by atoms with E-state index in [1.165, 1.54) is 0 Å². The summed E-state index contributed by atoms with van der Waals surface area (Å²) < 4.78 is 0. The number of thiol groups is 1. The lowest BCUT2D eigenvalue weighted by atomic mass is 10.0. The highest BCUT2D eigenvalue weighted by Crippen LogP contribution is 2.25.